The zero-order valence-corrected chi connectivity index (χ0v) is 9.67. The summed E-state index contributed by atoms with van der Waals surface area (Å²) in [6.07, 6.45) is 0. The zero-order valence-electron chi connectivity index (χ0n) is 9.67. The van der Waals surface area contributed by atoms with Crippen molar-refractivity contribution in [2.24, 2.45) is 5.41 Å². The lowest BCUT2D eigenvalue weighted by Crippen LogP contribution is -2.42. The molecule has 0 aliphatic carbocycles. The van der Waals surface area contributed by atoms with Crippen molar-refractivity contribution in [3.63, 3.8) is 0 Å². The van der Waals surface area contributed by atoms with Crippen molar-refractivity contribution in [1.29, 1.82) is 0 Å². The van der Waals surface area contributed by atoms with E-state index in [0.717, 1.165) is 6.54 Å². The molecule has 0 amide bonds. The second-order valence-electron chi connectivity index (χ2n) is 4.81. The van der Waals surface area contributed by atoms with Gasteiger partial charge in [-0.3, -0.25) is 5.32 Å². The van der Waals surface area contributed by atoms with Crippen LogP contribution in [0.15, 0.2) is 30.3 Å². The molecule has 0 bridgehead atoms. The van der Waals surface area contributed by atoms with Crippen LogP contribution in [0.5, 0.6) is 0 Å². The molecule has 0 saturated carbocycles. The topological polar surface area (TPSA) is 35.8 Å². The third kappa shape index (κ3) is 3.73. The molecule has 1 aromatic rings. The van der Waals surface area contributed by atoms with Gasteiger partial charge >= 0.3 is 0 Å². The summed E-state index contributed by atoms with van der Waals surface area (Å²) in [7, 11) is 0. The number of nitrogens with one attached hydrogen (secondary N) is 2. The van der Waals surface area contributed by atoms with Gasteiger partial charge in [-0.05, 0) is 11.0 Å². The molecule has 0 spiro atoms. The molecule has 0 fully saturated rings. The Balaban J connectivity index is 2.54. The van der Waals surface area contributed by atoms with E-state index in [4.69, 9.17) is 5.26 Å². The third-order valence-electron chi connectivity index (χ3n) is 2.36. The van der Waals surface area contributed by atoms with Crippen LogP contribution in [0.2, 0.25) is 0 Å². The normalized spacial score (nSPS) is 13.2. The minimum atomic E-state index is -0.00212. The first-order chi connectivity index (χ1) is 7.04. The third-order valence-corrected chi connectivity index (χ3v) is 2.36. The summed E-state index contributed by atoms with van der Waals surface area (Å²) >= 11 is 0. The Bertz CT molecular complexity index is 330. The van der Waals surface area contributed by atoms with Crippen molar-refractivity contribution in [2.45, 2.75) is 33.4 Å². The molecular weight excluding hydrogens is 184 g/mol. The molecular formula is C13H19N2+. The average Bonchev–Trinajstić information content (AvgIpc) is 2.18. The lowest BCUT2D eigenvalue weighted by atomic mass is 9.87. The van der Waals surface area contributed by atoms with Crippen LogP contribution in [0.25, 0.3) is 0 Å². The summed E-state index contributed by atoms with van der Waals surface area (Å²) < 4.78 is 0. The predicted octanol–water partition coefficient (Wildman–Crippen LogP) is 0.964. The molecule has 1 rings (SSSR count). The van der Waals surface area contributed by atoms with Crippen LogP contribution >= 0.6 is 0 Å². The van der Waals surface area contributed by atoms with E-state index < -0.39 is 0 Å². The molecule has 0 aromatic heterocycles. The summed E-state index contributed by atoms with van der Waals surface area (Å²) in [6.45, 7) is 7.11. The van der Waals surface area contributed by atoms with Crippen LogP contribution in [0.1, 0.15) is 26.3 Å². The average molecular weight is 203 g/mol. The number of hydrogen-bond acceptors (Lipinski definition) is 1. The minimum absolute atomic E-state index is 0.00212. The van der Waals surface area contributed by atoms with Crippen molar-refractivity contribution in [1.82, 2.24) is 5.32 Å². The fourth-order valence-corrected chi connectivity index (χ4v) is 1.39. The molecule has 0 aliphatic rings. The maximum Gasteiger partial charge on any atom is 0.289 e. The Kier molecular flexibility index (Phi) is 3.88. The largest absolute Gasteiger partial charge is 0.294 e. The summed E-state index contributed by atoms with van der Waals surface area (Å²) in [5, 5.41) is 10.6. The van der Waals surface area contributed by atoms with Gasteiger partial charge in [0.05, 0.1) is 0 Å². The Morgan fingerprint density at radius 1 is 1.27 bits per heavy atom. The Morgan fingerprint density at radius 2 is 1.87 bits per heavy atom. The van der Waals surface area contributed by atoms with E-state index in [1.165, 1.54) is 5.56 Å². The van der Waals surface area contributed by atoms with Crippen LogP contribution in [-0.4, -0.2) is 6.04 Å². The van der Waals surface area contributed by atoms with Gasteiger partial charge in [0.1, 0.15) is 6.04 Å². The molecule has 2 heteroatoms. The smallest absolute Gasteiger partial charge is 0.289 e. The number of benzene rings is 1. The van der Waals surface area contributed by atoms with E-state index in [2.05, 4.69) is 44.3 Å². The fraction of sp³-hybridized carbons (Fsp3) is 0.462. The van der Waals surface area contributed by atoms with Crippen molar-refractivity contribution in [2.75, 3.05) is 0 Å². The molecule has 0 radical (unpaired) electrons. The highest BCUT2D eigenvalue weighted by atomic mass is 14.9. The van der Waals surface area contributed by atoms with E-state index in [0.29, 0.717) is 0 Å². The minimum Gasteiger partial charge on any atom is -0.294 e. The summed E-state index contributed by atoms with van der Waals surface area (Å²) in [5.41, 5.74) is 1.28. The quantitative estimate of drug-likeness (QED) is 0.754. The molecule has 0 heterocycles. The Labute approximate surface area is 91.9 Å². The molecule has 15 heavy (non-hydrogen) atoms. The lowest BCUT2D eigenvalue weighted by molar-refractivity contribution is -0.0994. The highest BCUT2D eigenvalue weighted by molar-refractivity contribution is 5.15. The highest BCUT2D eigenvalue weighted by Crippen LogP contribution is 2.18. The number of hydrogen-bond donors (Lipinski definition) is 2. The molecule has 0 unspecified atom stereocenters. The molecule has 2 N–H and O–H groups in total. The lowest BCUT2D eigenvalue weighted by Gasteiger charge is -2.23. The molecule has 1 atom stereocenters. The fourth-order valence-electron chi connectivity index (χ4n) is 1.39. The maximum atomic E-state index is 7.27. The van der Waals surface area contributed by atoms with Gasteiger partial charge in [-0.25, -0.2) is 0 Å². The van der Waals surface area contributed by atoms with Crippen molar-refractivity contribution in [3.8, 4) is 6.07 Å². The van der Waals surface area contributed by atoms with E-state index >= 15 is 0 Å². The molecule has 80 valence electrons. The van der Waals surface area contributed by atoms with Gasteiger partial charge in [0.2, 0.25) is 0 Å². The van der Waals surface area contributed by atoms with Crippen LogP contribution in [0, 0.1) is 11.5 Å². The van der Waals surface area contributed by atoms with Crippen LogP contribution < -0.4 is 10.6 Å². The Morgan fingerprint density at radius 3 is 2.33 bits per heavy atom. The monoisotopic (exact) mass is 203 g/mol. The zero-order chi connectivity index (χ0) is 11.3. The standard InChI is InChI=1S/C13H18N2/c1-13(2,3)12(9-14)15-10-11-7-5-4-6-8-11/h4-8,12,15H,10H2,1-3H3/p+1/t12-/m1/s1. The summed E-state index contributed by atoms with van der Waals surface area (Å²) in [5.74, 6) is 0. The highest BCUT2D eigenvalue weighted by Gasteiger charge is 2.26. The Hall–Kier alpha value is -1.33. The van der Waals surface area contributed by atoms with E-state index in [-0.39, 0.29) is 11.5 Å². The van der Waals surface area contributed by atoms with Gasteiger partial charge in [0.15, 0.2) is 0 Å². The first-order valence-electron chi connectivity index (χ1n) is 5.23. The van der Waals surface area contributed by atoms with Crippen molar-refractivity contribution >= 4 is 0 Å². The first kappa shape index (κ1) is 11.7. The molecule has 0 saturated heterocycles. The molecule has 1 aromatic carbocycles. The molecule has 2 nitrogen and oxygen atoms in total. The van der Waals surface area contributed by atoms with E-state index in [1.807, 2.05) is 18.2 Å². The van der Waals surface area contributed by atoms with Gasteiger partial charge in [0.25, 0.3) is 6.07 Å². The second-order valence-corrected chi connectivity index (χ2v) is 4.81. The van der Waals surface area contributed by atoms with Crippen molar-refractivity contribution < 1.29 is 5.26 Å². The van der Waals surface area contributed by atoms with Gasteiger partial charge < -0.3 is 0 Å². The summed E-state index contributed by atoms with van der Waals surface area (Å²) in [4.78, 5) is 0. The second kappa shape index (κ2) is 4.95. The van der Waals surface area contributed by atoms with Gasteiger partial charge in [-0.15, -0.1) is 0 Å². The molecule has 0 aliphatic heterocycles. The predicted molar refractivity (Wildman–Crippen MR) is 61.4 cm³/mol. The van der Waals surface area contributed by atoms with E-state index in [1.54, 1.807) is 0 Å². The van der Waals surface area contributed by atoms with Gasteiger partial charge in [0, 0.05) is 6.54 Å². The summed E-state index contributed by atoms with van der Waals surface area (Å²) in [6, 6.07) is 12.8. The van der Waals surface area contributed by atoms with E-state index in [9.17, 15) is 0 Å². The number of rotatable bonds is 3. The SMILES string of the molecule is CC(C)(C)[C@@H](C#[NH+])NCc1ccccc1. The van der Waals surface area contributed by atoms with Gasteiger partial charge in [-0.2, -0.15) is 0 Å². The maximum absolute atomic E-state index is 7.27. The van der Waals surface area contributed by atoms with Gasteiger partial charge in [-0.1, -0.05) is 56.4 Å². The van der Waals surface area contributed by atoms with Crippen molar-refractivity contribution in [3.05, 3.63) is 35.9 Å². The first-order valence-corrected chi connectivity index (χ1v) is 5.23. The van der Waals surface area contributed by atoms with Crippen LogP contribution in [0.3, 0.4) is 0 Å². The van der Waals surface area contributed by atoms with Crippen LogP contribution in [0.4, 0.5) is 0 Å². The van der Waals surface area contributed by atoms with Crippen LogP contribution in [-0.2, 0) is 6.54 Å².